The summed E-state index contributed by atoms with van der Waals surface area (Å²) in [6.45, 7) is 7.33. The zero-order chi connectivity index (χ0) is 24.7. The first-order chi connectivity index (χ1) is 17.7. The standard InChI is InChI=1S/C29H27.C4H9.C2H4.Zr/c1-3-21(19-29-20(2)18-23-12-7-8-13-25(23)29)26-16-17-28-24(14-9-15-27(26)28)22-10-5-4-6-11-22;1-3-4-2;1-2;/h4-19,21,26,29H,3H2,1-2H3;1,3-4H2,2H3;1-2H2;. The first kappa shape index (κ1) is 24.4. The van der Waals surface area contributed by atoms with Gasteiger partial charge in [-0.05, 0) is 0 Å². The predicted molar refractivity (Wildman–Crippen MR) is 153 cm³/mol. The second-order valence-corrected chi connectivity index (χ2v) is 23.6. The van der Waals surface area contributed by atoms with E-state index in [1.165, 1.54) is 41.5 Å². The molecule has 0 aromatic heterocycles. The molecule has 2 aliphatic carbocycles. The maximum atomic E-state index is 2.60. The summed E-state index contributed by atoms with van der Waals surface area (Å²) in [5, 5.41) is 0. The summed E-state index contributed by atoms with van der Waals surface area (Å²) in [5.74, 6) is 1.94. The normalized spacial score (nSPS) is 22.6. The number of rotatable bonds is 9. The molecule has 0 N–H and O–H groups in total. The molecule has 4 unspecified atom stereocenters. The van der Waals surface area contributed by atoms with Gasteiger partial charge in [-0.15, -0.1) is 0 Å². The summed E-state index contributed by atoms with van der Waals surface area (Å²) in [6, 6.07) is 27.4. The molecule has 6 rings (SSSR count). The molecule has 0 spiro atoms. The molecule has 1 heterocycles. The fourth-order valence-electron chi connectivity index (χ4n) is 7.81. The summed E-state index contributed by atoms with van der Waals surface area (Å²) < 4.78 is 5.74. The van der Waals surface area contributed by atoms with E-state index in [9.17, 15) is 0 Å². The van der Waals surface area contributed by atoms with Gasteiger partial charge in [-0.25, -0.2) is 0 Å². The first-order valence-electron chi connectivity index (χ1n) is 14.3. The van der Waals surface area contributed by atoms with E-state index in [-0.39, 0.29) is 0 Å². The molecular weight excluding hydrogens is 512 g/mol. The van der Waals surface area contributed by atoms with Crippen LogP contribution in [0.2, 0.25) is 16.0 Å². The molecule has 1 fully saturated rings. The number of benzene rings is 3. The topological polar surface area (TPSA) is 0 Å². The van der Waals surface area contributed by atoms with Crippen molar-refractivity contribution in [3.63, 3.8) is 0 Å². The van der Waals surface area contributed by atoms with Crippen LogP contribution in [0.3, 0.4) is 0 Å². The van der Waals surface area contributed by atoms with Crippen LogP contribution in [0.5, 0.6) is 0 Å². The van der Waals surface area contributed by atoms with Crippen molar-refractivity contribution in [1.82, 2.24) is 0 Å². The van der Waals surface area contributed by atoms with Crippen molar-refractivity contribution < 1.29 is 20.3 Å². The van der Waals surface area contributed by atoms with Crippen LogP contribution in [0.25, 0.3) is 23.3 Å². The molecule has 0 amide bonds. The van der Waals surface area contributed by atoms with Crippen molar-refractivity contribution >= 4 is 12.2 Å². The van der Waals surface area contributed by atoms with Crippen LogP contribution in [0, 0.1) is 5.92 Å². The quantitative estimate of drug-likeness (QED) is 0.248. The Kier molecular flexibility index (Phi) is 6.81. The molecular formula is C35H40Zr. The molecule has 1 heteroatoms. The van der Waals surface area contributed by atoms with Crippen molar-refractivity contribution in [3.05, 3.63) is 107 Å². The average Bonchev–Trinajstić information content (AvgIpc) is 3.46. The van der Waals surface area contributed by atoms with Crippen molar-refractivity contribution in [2.24, 2.45) is 5.92 Å². The van der Waals surface area contributed by atoms with Crippen LogP contribution in [-0.4, -0.2) is 0 Å². The third-order valence-electron chi connectivity index (χ3n) is 9.64. The maximum absolute atomic E-state index is 2.60. The van der Waals surface area contributed by atoms with Crippen molar-refractivity contribution in [2.75, 3.05) is 0 Å². The molecule has 1 aliphatic heterocycles. The fourth-order valence-corrected chi connectivity index (χ4v) is 25.7. The van der Waals surface area contributed by atoms with E-state index >= 15 is 0 Å². The number of hydrogen-bond donors (Lipinski definition) is 0. The van der Waals surface area contributed by atoms with Crippen LogP contribution < -0.4 is 0 Å². The number of unbranched alkanes of at least 4 members (excludes halogenated alkanes) is 1. The molecule has 0 radical (unpaired) electrons. The van der Waals surface area contributed by atoms with Gasteiger partial charge in [0.25, 0.3) is 0 Å². The Balaban J connectivity index is 1.44. The van der Waals surface area contributed by atoms with Crippen LogP contribution in [-0.2, 0) is 20.3 Å². The van der Waals surface area contributed by atoms with Gasteiger partial charge in [-0.1, -0.05) is 0 Å². The first-order valence-corrected chi connectivity index (χ1v) is 20.9. The Morgan fingerprint density at radius 3 is 2.36 bits per heavy atom. The van der Waals surface area contributed by atoms with E-state index in [2.05, 4.69) is 112 Å². The minimum atomic E-state index is -2.23. The van der Waals surface area contributed by atoms with Gasteiger partial charge in [0.1, 0.15) is 0 Å². The zero-order valence-electron chi connectivity index (χ0n) is 22.2. The fraction of sp³-hybridized carbons (Fsp3) is 0.371. The van der Waals surface area contributed by atoms with Crippen molar-refractivity contribution in [2.45, 2.75) is 67.9 Å². The third kappa shape index (κ3) is 4.16. The zero-order valence-corrected chi connectivity index (χ0v) is 24.7. The van der Waals surface area contributed by atoms with Crippen LogP contribution in [0.1, 0.15) is 74.1 Å². The number of hydrogen-bond acceptors (Lipinski definition) is 0. The van der Waals surface area contributed by atoms with Gasteiger partial charge < -0.3 is 0 Å². The van der Waals surface area contributed by atoms with Crippen molar-refractivity contribution in [1.29, 1.82) is 0 Å². The van der Waals surface area contributed by atoms with Crippen molar-refractivity contribution in [3.8, 4) is 11.1 Å². The average molecular weight is 552 g/mol. The Morgan fingerprint density at radius 2 is 1.61 bits per heavy atom. The summed E-state index contributed by atoms with van der Waals surface area (Å²) in [4.78, 5) is 0. The van der Waals surface area contributed by atoms with Crippen LogP contribution in [0.4, 0.5) is 0 Å². The Labute approximate surface area is 223 Å². The molecule has 0 saturated carbocycles. The van der Waals surface area contributed by atoms with Gasteiger partial charge in [-0.3, -0.25) is 0 Å². The van der Waals surface area contributed by atoms with Gasteiger partial charge >= 0.3 is 224 Å². The molecule has 0 nitrogen and oxygen atoms in total. The van der Waals surface area contributed by atoms with Crippen LogP contribution >= 0.6 is 0 Å². The Bertz CT molecular complexity index is 1290. The molecule has 0 bridgehead atoms. The molecule has 3 aliphatic rings. The summed E-state index contributed by atoms with van der Waals surface area (Å²) in [5.41, 5.74) is 10.6. The second-order valence-electron chi connectivity index (χ2n) is 11.6. The molecule has 1 saturated heterocycles. The van der Waals surface area contributed by atoms with E-state index in [1.807, 2.05) is 0 Å². The van der Waals surface area contributed by atoms with Crippen LogP contribution in [0.15, 0.2) is 84.4 Å². The minimum absolute atomic E-state index is 0.551. The van der Waals surface area contributed by atoms with Gasteiger partial charge in [0.05, 0.1) is 0 Å². The van der Waals surface area contributed by atoms with E-state index in [0.29, 0.717) is 11.8 Å². The number of fused-ring (bicyclic) bond motifs is 2. The monoisotopic (exact) mass is 550 g/mol. The van der Waals surface area contributed by atoms with E-state index in [1.54, 1.807) is 29.1 Å². The van der Waals surface area contributed by atoms with Gasteiger partial charge in [-0.2, -0.15) is 0 Å². The molecule has 184 valence electrons. The van der Waals surface area contributed by atoms with E-state index in [0.717, 1.165) is 9.54 Å². The summed E-state index contributed by atoms with van der Waals surface area (Å²) >= 11 is -2.23. The summed E-state index contributed by atoms with van der Waals surface area (Å²) in [6.07, 6.45) is 11.7. The molecule has 3 aromatic carbocycles. The second kappa shape index (κ2) is 10.1. The van der Waals surface area contributed by atoms with Gasteiger partial charge in [0, 0.05) is 0 Å². The molecule has 36 heavy (non-hydrogen) atoms. The van der Waals surface area contributed by atoms with E-state index in [4.69, 9.17) is 0 Å². The summed E-state index contributed by atoms with van der Waals surface area (Å²) in [7, 11) is 0. The number of allylic oxidation sites excluding steroid dienone is 2. The Morgan fingerprint density at radius 1 is 0.861 bits per heavy atom. The Hall–Kier alpha value is -1.98. The predicted octanol–water partition coefficient (Wildman–Crippen LogP) is 10.7. The third-order valence-corrected chi connectivity index (χ3v) is 22.7. The SMILES string of the molecule is CCC[CH2][Zr]1([CH](C2C(C)=Cc3ccccc32)C(CC)C2C=Cc3c(-c4ccccc4)cccc32)[CH2][CH2]1. The molecule has 4 atom stereocenters. The van der Waals surface area contributed by atoms with Gasteiger partial charge in [0.15, 0.2) is 0 Å². The van der Waals surface area contributed by atoms with Gasteiger partial charge in [0.2, 0.25) is 0 Å². The van der Waals surface area contributed by atoms with E-state index < -0.39 is 20.3 Å². The molecule has 3 aromatic rings.